The molecule has 2 aromatic rings. The van der Waals surface area contributed by atoms with Crippen molar-refractivity contribution in [1.82, 2.24) is 24.8 Å². The molecule has 0 saturated carbocycles. The van der Waals surface area contributed by atoms with E-state index in [4.69, 9.17) is 4.74 Å². The summed E-state index contributed by atoms with van der Waals surface area (Å²) < 4.78 is 5.17. The number of anilines is 2. The molecule has 25 heavy (non-hydrogen) atoms. The number of nitrogens with zero attached hydrogens (tertiary/aromatic N) is 5. The van der Waals surface area contributed by atoms with Crippen LogP contribution in [0.1, 0.15) is 35.8 Å². The van der Waals surface area contributed by atoms with Gasteiger partial charge in [-0.3, -0.25) is 4.98 Å². The van der Waals surface area contributed by atoms with Gasteiger partial charge in [0.2, 0.25) is 5.95 Å². The van der Waals surface area contributed by atoms with Crippen molar-refractivity contribution >= 4 is 11.8 Å². The van der Waals surface area contributed by atoms with Crippen LogP contribution in [0.3, 0.4) is 0 Å². The third-order valence-corrected chi connectivity index (χ3v) is 4.52. The summed E-state index contributed by atoms with van der Waals surface area (Å²) in [4.78, 5) is 20.4. The summed E-state index contributed by atoms with van der Waals surface area (Å²) in [6, 6.07) is 1.96. The minimum absolute atomic E-state index is 0.404. The summed E-state index contributed by atoms with van der Waals surface area (Å²) in [6.07, 6.45) is 5.62. The van der Waals surface area contributed by atoms with E-state index in [-0.39, 0.29) is 0 Å². The van der Waals surface area contributed by atoms with E-state index in [1.807, 2.05) is 19.9 Å². The lowest BCUT2D eigenvalue weighted by atomic mass is 9.93. The van der Waals surface area contributed by atoms with Crippen molar-refractivity contribution in [2.75, 3.05) is 38.7 Å². The Kier molecular flexibility index (Phi) is 5.88. The Balaban J connectivity index is 1.71. The second kappa shape index (κ2) is 8.31. The van der Waals surface area contributed by atoms with Crippen LogP contribution in [-0.2, 0) is 4.74 Å². The molecule has 0 aromatic carbocycles. The second-order valence-corrected chi connectivity index (χ2v) is 6.50. The van der Waals surface area contributed by atoms with Gasteiger partial charge in [0.25, 0.3) is 0 Å². The molecule has 3 heterocycles. The zero-order valence-corrected chi connectivity index (χ0v) is 15.2. The molecule has 0 spiro atoms. The first kappa shape index (κ1) is 17.7. The van der Waals surface area contributed by atoms with Crippen molar-refractivity contribution in [2.24, 2.45) is 0 Å². The molecule has 0 radical (unpaired) electrons. The highest BCUT2D eigenvalue weighted by atomic mass is 16.5. The van der Waals surface area contributed by atoms with Crippen LogP contribution in [0.2, 0.25) is 0 Å². The van der Waals surface area contributed by atoms with E-state index in [1.165, 1.54) is 0 Å². The lowest BCUT2D eigenvalue weighted by Crippen LogP contribution is -2.35. The summed E-state index contributed by atoms with van der Waals surface area (Å²) in [5.74, 6) is 1.75. The van der Waals surface area contributed by atoms with Crippen LogP contribution >= 0.6 is 0 Å². The van der Waals surface area contributed by atoms with Crippen LogP contribution in [0.25, 0.3) is 0 Å². The van der Waals surface area contributed by atoms with Gasteiger partial charge in [-0.2, -0.15) is 0 Å². The topological polar surface area (TPSA) is 76.1 Å². The maximum Gasteiger partial charge on any atom is 0.228 e. The monoisotopic (exact) mass is 342 g/mol. The van der Waals surface area contributed by atoms with E-state index in [0.717, 1.165) is 62.0 Å². The van der Waals surface area contributed by atoms with Crippen LogP contribution in [0.4, 0.5) is 11.8 Å². The number of ether oxygens (including phenoxy) is 1. The van der Waals surface area contributed by atoms with Crippen molar-refractivity contribution in [2.45, 2.75) is 32.6 Å². The molecule has 0 unspecified atom stereocenters. The van der Waals surface area contributed by atoms with Gasteiger partial charge in [-0.25, -0.2) is 15.0 Å². The maximum atomic E-state index is 5.17. The van der Waals surface area contributed by atoms with Crippen LogP contribution in [0, 0.1) is 13.8 Å². The second-order valence-electron chi connectivity index (χ2n) is 6.50. The molecule has 2 aromatic heterocycles. The van der Waals surface area contributed by atoms with Gasteiger partial charge in [0.1, 0.15) is 0 Å². The first-order chi connectivity index (χ1) is 12.2. The highest BCUT2D eigenvalue weighted by molar-refractivity contribution is 5.52. The molecule has 0 amide bonds. The molecule has 1 aliphatic rings. The van der Waals surface area contributed by atoms with Crippen molar-refractivity contribution in [3.05, 3.63) is 35.5 Å². The quantitative estimate of drug-likeness (QED) is 0.864. The van der Waals surface area contributed by atoms with Crippen LogP contribution in [0.15, 0.2) is 18.5 Å². The maximum absolute atomic E-state index is 5.17. The summed E-state index contributed by atoms with van der Waals surface area (Å²) in [6.45, 7) is 7.83. The Bertz CT molecular complexity index is 679. The summed E-state index contributed by atoms with van der Waals surface area (Å²) >= 11 is 0. The fraction of sp³-hybridized carbons (Fsp3) is 0.556. The Labute approximate surface area is 148 Å². The normalized spacial score (nSPS) is 16.1. The number of aryl methyl sites for hydroxylation is 2. The van der Waals surface area contributed by atoms with Gasteiger partial charge in [-0.1, -0.05) is 0 Å². The fourth-order valence-electron chi connectivity index (χ4n) is 3.28. The number of aromatic nitrogens is 4. The lowest BCUT2D eigenvalue weighted by molar-refractivity contribution is 0.130. The van der Waals surface area contributed by atoms with Crippen LogP contribution in [0.5, 0.6) is 0 Å². The van der Waals surface area contributed by atoms with Crippen molar-refractivity contribution in [3.8, 4) is 0 Å². The molecule has 1 fully saturated rings. The highest BCUT2D eigenvalue weighted by Crippen LogP contribution is 2.31. The predicted octanol–water partition coefficient (Wildman–Crippen LogP) is 2.45. The lowest BCUT2D eigenvalue weighted by Gasteiger charge is -2.31. The largest absolute Gasteiger partial charge is 0.383 e. The minimum atomic E-state index is 0.404. The Morgan fingerprint density at radius 2 is 1.80 bits per heavy atom. The SMILES string of the molecule is COCCN1CCC(c2nccnc2Nc2nc(C)cc(C)n2)CC1. The molecule has 0 atom stereocenters. The molecule has 7 nitrogen and oxygen atoms in total. The number of piperidine rings is 1. The molecule has 1 aliphatic heterocycles. The van der Waals surface area contributed by atoms with E-state index in [1.54, 1.807) is 19.5 Å². The molecule has 3 rings (SSSR count). The first-order valence-electron chi connectivity index (χ1n) is 8.77. The van der Waals surface area contributed by atoms with Gasteiger partial charge >= 0.3 is 0 Å². The average molecular weight is 342 g/mol. The molecule has 1 saturated heterocycles. The molecule has 1 N–H and O–H groups in total. The molecule has 0 aliphatic carbocycles. The number of hydrogen-bond acceptors (Lipinski definition) is 7. The molecule has 0 bridgehead atoms. The standard InChI is InChI=1S/C18H26N6O/c1-13-12-14(2)22-18(21-13)23-17-16(19-6-7-20-17)15-4-8-24(9-5-15)10-11-25-3/h6-7,12,15H,4-5,8-11H2,1-3H3,(H,20,21,22,23). The summed E-state index contributed by atoms with van der Waals surface area (Å²) in [7, 11) is 1.75. The third kappa shape index (κ3) is 4.70. The number of likely N-dealkylation sites (tertiary alicyclic amines) is 1. The van der Waals surface area contributed by atoms with Crippen molar-refractivity contribution in [1.29, 1.82) is 0 Å². The number of methoxy groups -OCH3 is 1. The van der Waals surface area contributed by atoms with Gasteiger partial charge in [-0.15, -0.1) is 0 Å². The predicted molar refractivity (Wildman–Crippen MR) is 97.1 cm³/mol. The van der Waals surface area contributed by atoms with E-state index < -0.39 is 0 Å². The summed E-state index contributed by atoms with van der Waals surface area (Å²) in [5.41, 5.74) is 2.88. The van der Waals surface area contributed by atoms with E-state index in [0.29, 0.717) is 11.9 Å². The van der Waals surface area contributed by atoms with Gasteiger partial charge in [0.05, 0.1) is 12.3 Å². The molecule has 7 heteroatoms. The molecule has 134 valence electrons. The molecular weight excluding hydrogens is 316 g/mol. The van der Waals surface area contributed by atoms with Gasteiger partial charge < -0.3 is 15.0 Å². The average Bonchev–Trinajstić information content (AvgIpc) is 2.60. The Hall–Kier alpha value is -2.12. The third-order valence-electron chi connectivity index (χ3n) is 4.52. The number of hydrogen-bond donors (Lipinski definition) is 1. The zero-order chi connectivity index (χ0) is 17.6. The van der Waals surface area contributed by atoms with E-state index in [2.05, 4.69) is 30.2 Å². The van der Waals surface area contributed by atoms with Gasteiger partial charge in [0, 0.05) is 43.4 Å². The van der Waals surface area contributed by atoms with Gasteiger partial charge in [-0.05, 0) is 45.8 Å². The first-order valence-corrected chi connectivity index (χ1v) is 8.77. The van der Waals surface area contributed by atoms with Crippen LogP contribution < -0.4 is 5.32 Å². The number of rotatable bonds is 6. The highest BCUT2D eigenvalue weighted by Gasteiger charge is 2.24. The van der Waals surface area contributed by atoms with E-state index in [9.17, 15) is 0 Å². The Morgan fingerprint density at radius 3 is 2.48 bits per heavy atom. The Morgan fingerprint density at radius 1 is 1.12 bits per heavy atom. The van der Waals surface area contributed by atoms with Gasteiger partial charge in [0.15, 0.2) is 5.82 Å². The number of nitrogens with one attached hydrogen (secondary N) is 1. The molecular formula is C18H26N6O. The van der Waals surface area contributed by atoms with Crippen molar-refractivity contribution in [3.63, 3.8) is 0 Å². The summed E-state index contributed by atoms with van der Waals surface area (Å²) in [5, 5.41) is 3.27. The zero-order valence-electron chi connectivity index (χ0n) is 15.2. The fourth-order valence-corrected chi connectivity index (χ4v) is 3.28. The van der Waals surface area contributed by atoms with Crippen LogP contribution in [-0.4, -0.2) is 58.2 Å². The minimum Gasteiger partial charge on any atom is -0.383 e. The van der Waals surface area contributed by atoms with Crippen molar-refractivity contribution < 1.29 is 4.74 Å². The van der Waals surface area contributed by atoms with E-state index >= 15 is 0 Å². The smallest absolute Gasteiger partial charge is 0.228 e.